The van der Waals surface area contributed by atoms with Crippen LogP contribution in [0.15, 0.2) is 12.4 Å². The Balaban J connectivity index is 1.71. The van der Waals surface area contributed by atoms with E-state index in [0.29, 0.717) is 5.92 Å². The Labute approximate surface area is 109 Å². The van der Waals surface area contributed by atoms with E-state index in [1.165, 1.54) is 31.5 Å². The first-order valence-electron chi connectivity index (χ1n) is 7.16. The monoisotopic (exact) mass is 246 g/mol. The maximum Gasteiger partial charge on any atom is 0.132 e. The molecular formula is C14H22N4. The largest absolute Gasteiger partial charge is 0.355 e. The van der Waals surface area contributed by atoms with Gasteiger partial charge in [0.2, 0.25) is 0 Å². The minimum absolute atomic E-state index is 0.714. The van der Waals surface area contributed by atoms with Crippen LogP contribution in [0, 0.1) is 0 Å². The van der Waals surface area contributed by atoms with Gasteiger partial charge in [0, 0.05) is 37.3 Å². The minimum atomic E-state index is 0.714. The summed E-state index contributed by atoms with van der Waals surface area (Å²) in [6.45, 7) is 7.98. The molecule has 0 radical (unpaired) electrons. The molecule has 0 spiro atoms. The highest BCUT2D eigenvalue weighted by Gasteiger charge is 2.26. The number of rotatable bonds is 3. The lowest BCUT2D eigenvalue weighted by atomic mass is 10.2. The molecule has 1 saturated carbocycles. The van der Waals surface area contributed by atoms with Crippen LogP contribution in [-0.4, -0.2) is 47.6 Å². The van der Waals surface area contributed by atoms with Gasteiger partial charge in [0.25, 0.3) is 0 Å². The molecule has 0 unspecified atom stereocenters. The van der Waals surface area contributed by atoms with E-state index in [2.05, 4.69) is 32.8 Å². The number of likely N-dealkylation sites (N-methyl/N-ethyl adjacent to an activating group) is 1. The summed E-state index contributed by atoms with van der Waals surface area (Å²) in [5, 5.41) is 0. The number of anilines is 1. The number of aromatic nitrogens is 2. The molecule has 1 saturated heterocycles. The third kappa shape index (κ3) is 2.64. The first kappa shape index (κ1) is 11.9. The highest BCUT2D eigenvalue weighted by atomic mass is 15.2. The Morgan fingerprint density at radius 3 is 2.83 bits per heavy atom. The molecule has 1 aromatic rings. The SMILES string of the molecule is CCN1CCCN(c2cc(C3CC3)ncn2)CC1. The van der Waals surface area contributed by atoms with Gasteiger partial charge < -0.3 is 9.80 Å². The first-order chi connectivity index (χ1) is 8.86. The van der Waals surface area contributed by atoms with Crippen molar-refractivity contribution in [3.8, 4) is 0 Å². The molecule has 0 atom stereocenters. The van der Waals surface area contributed by atoms with E-state index in [-0.39, 0.29) is 0 Å². The summed E-state index contributed by atoms with van der Waals surface area (Å²) in [4.78, 5) is 13.8. The van der Waals surface area contributed by atoms with Gasteiger partial charge in [-0.3, -0.25) is 0 Å². The zero-order valence-corrected chi connectivity index (χ0v) is 11.2. The predicted octanol–water partition coefficient (Wildman–Crippen LogP) is 1.89. The normalized spacial score (nSPS) is 21.9. The van der Waals surface area contributed by atoms with Crippen LogP contribution in [0.25, 0.3) is 0 Å². The summed E-state index contributed by atoms with van der Waals surface area (Å²) in [7, 11) is 0. The fraction of sp³-hybridized carbons (Fsp3) is 0.714. The second-order valence-corrected chi connectivity index (χ2v) is 5.35. The Bertz CT molecular complexity index is 403. The lowest BCUT2D eigenvalue weighted by Crippen LogP contribution is -2.31. The summed E-state index contributed by atoms with van der Waals surface area (Å²) in [5.74, 6) is 1.84. The van der Waals surface area contributed by atoms with Crippen molar-refractivity contribution >= 4 is 5.82 Å². The summed E-state index contributed by atoms with van der Waals surface area (Å²) >= 11 is 0. The molecule has 3 rings (SSSR count). The van der Waals surface area contributed by atoms with E-state index < -0.39 is 0 Å². The van der Waals surface area contributed by atoms with Gasteiger partial charge in [0.1, 0.15) is 12.1 Å². The van der Waals surface area contributed by atoms with Gasteiger partial charge in [-0.15, -0.1) is 0 Å². The molecule has 1 aromatic heterocycles. The lowest BCUT2D eigenvalue weighted by molar-refractivity contribution is 0.310. The van der Waals surface area contributed by atoms with E-state index in [0.717, 1.165) is 32.0 Å². The van der Waals surface area contributed by atoms with Crippen LogP contribution in [0.5, 0.6) is 0 Å². The van der Waals surface area contributed by atoms with Crippen LogP contribution in [0.2, 0.25) is 0 Å². The van der Waals surface area contributed by atoms with Crippen molar-refractivity contribution in [1.82, 2.24) is 14.9 Å². The van der Waals surface area contributed by atoms with Gasteiger partial charge in [-0.2, -0.15) is 0 Å². The molecule has 1 aliphatic heterocycles. The fourth-order valence-corrected chi connectivity index (χ4v) is 2.65. The van der Waals surface area contributed by atoms with Crippen LogP contribution in [0.1, 0.15) is 37.8 Å². The highest BCUT2D eigenvalue weighted by Crippen LogP contribution is 2.39. The molecule has 4 heteroatoms. The minimum Gasteiger partial charge on any atom is -0.355 e. The van der Waals surface area contributed by atoms with Crippen molar-refractivity contribution < 1.29 is 0 Å². The maximum absolute atomic E-state index is 4.46. The van der Waals surface area contributed by atoms with Crippen molar-refractivity contribution in [1.29, 1.82) is 0 Å². The number of nitrogens with zero attached hydrogens (tertiary/aromatic N) is 4. The molecule has 98 valence electrons. The van der Waals surface area contributed by atoms with Gasteiger partial charge in [0.15, 0.2) is 0 Å². The Kier molecular flexibility index (Phi) is 3.46. The zero-order chi connectivity index (χ0) is 12.4. The van der Waals surface area contributed by atoms with Crippen molar-refractivity contribution in [2.45, 2.75) is 32.1 Å². The summed E-state index contributed by atoms with van der Waals surface area (Å²) in [6, 6.07) is 2.21. The van der Waals surface area contributed by atoms with Gasteiger partial charge >= 0.3 is 0 Å². The second kappa shape index (κ2) is 5.22. The average Bonchev–Trinajstić information content (AvgIpc) is 3.25. The van der Waals surface area contributed by atoms with Gasteiger partial charge in [-0.1, -0.05) is 6.92 Å². The zero-order valence-electron chi connectivity index (χ0n) is 11.2. The summed E-state index contributed by atoms with van der Waals surface area (Å²) in [6.07, 6.45) is 5.59. The van der Waals surface area contributed by atoms with Gasteiger partial charge in [-0.25, -0.2) is 9.97 Å². The van der Waals surface area contributed by atoms with Crippen LogP contribution in [0.3, 0.4) is 0 Å². The molecule has 0 bridgehead atoms. The molecule has 4 nitrogen and oxygen atoms in total. The lowest BCUT2D eigenvalue weighted by Gasteiger charge is -2.22. The van der Waals surface area contributed by atoms with Crippen molar-refractivity contribution in [3.05, 3.63) is 18.1 Å². The second-order valence-electron chi connectivity index (χ2n) is 5.35. The van der Waals surface area contributed by atoms with E-state index in [1.54, 1.807) is 6.33 Å². The maximum atomic E-state index is 4.46. The fourth-order valence-electron chi connectivity index (χ4n) is 2.65. The molecular weight excluding hydrogens is 224 g/mol. The van der Waals surface area contributed by atoms with Gasteiger partial charge in [0.05, 0.1) is 0 Å². The smallest absolute Gasteiger partial charge is 0.132 e. The molecule has 0 aromatic carbocycles. The van der Waals surface area contributed by atoms with Crippen molar-refractivity contribution in [2.24, 2.45) is 0 Å². The summed E-state index contributed by atoms with van der Waals surface area (Å²) in [5.41, 5.74) is 1.25. The predicted molar refractivity (Wildman–Crippen MR) is 73.0 cm³/mol. The molecule has 0 N–H and O–H groups in total. The van der Waals surface area contributed by atoms with Crippen LogP contribution in [-0.2, 0) is 0 Å². The summed E-state index contributed by atoms with van der Waals surface area (Å²) < 4.78 is 0. The van der Waals surface area contributed by atoms with E-state index in [1.807, 2.05) is 0 Å². The standard InChI is InChI=1S/C14H22N4/c1-2-17-6-3-7-18(9-8-17)14-10-13(12-4-5-12)15-11-16-14/h10-12H,2-9H2,1H3. The third-order valence-electron chi connectivity index (χ3n) is 4.03. The van der Waals surface area contributed by atoms with Gasteiger partial charge in [-0.05, 0) is 32.4 Å². The molecule has 2 heterocycles. The Hall–Kier alpha value is -1.16. The average molecular weight is 246 g/mol. The molecule has 18 heavy (non-hydrogen) atoms. The third-order valence-corrected chi connectivity index (χ3v) is 4.03. The van der Waals surface area contributed by atoms with Crippen molar-refractivity contribution in [3.63, 3.8) is 0 Å². The molecule has 0 amide bonds. The topological polar surface area (TPSA) is 32.3 Å². The van der Waals surface area contributed by atoms with E-state index >= 15 is 0 Å². The van der Waals surface area contributed by atoms with Crippen LogP contribution >= 0.6 is 0 Å². The van der Waals surface area contributed by atoms with Crippen LogP contribution < -0.4 is 4.90 Å². The van der Waals surface area contributed by atoms with Crippen molar-refractivity contribution in [2.75, 3.05) is 37.6 Å². The molecule has 2 aliphatic rings. The number of hydrogen-bond donors (Lipinski definition) is 0. The Morgan fingerprint density at radius 1 is 1.17 bits per heavy atom. The van der Waals surface area contributed by atoms with E-state index in [4.69, 9.17) is 0 Å². The molecule has 1 aliphatic carbocycles. The highest BCUT2D eigenvalue weighted by molar-refractivity contribution is 5.40. The number of hydrogen-bond acceptors (Lipinski definition) is 4. The quantitative estimate of drug-likeness (QED) is 0.815. The first-order valence-corrected chi connectivity index (χ1v) is 7.16. The van der Waals surface area contributed by atoms with E-state index in [9.17, 15) is 0 Å². The van der Waals surface area contributed by atoms with Crippen LogP contribution in [0.4, 0.5) is 5.82 Å². The Morgan fingerprint density at radius 2 is 2.06 bits per heavy atom. The molecule has 2 fully saturated rings.